The van der Waals surface area contributed by atoms with E-state index in [0.717, 1.165) is 6.26 Å². The smallest absolute Gasteiger partial charge is 0.431 e. The predicted molar refractivity (Wildman–Crippen MR) is 59.2 cm³/mol. The van der Waals surface area contributed by atoms with Gasteiger partial charge in [-0.2, -0.15) is 0 Å². The maximum Gasteiger partial charge on any atom is 0.513 e. The van der Waals surface area contributed by atoms with Crippen LogP contribution >= 0.6 is 0 Å². The molecule has 1 aliphatic rings. The number of aliphatic hydroxyl groups is 1. The Morgan fingerprint density at radius 2 is 2.50 bits per heavy atom. The van der Waals surface area contributed by atoms with Crippen LogP contribution in [-0.4, -0.2) is 42.7 Å². The Balaban J connectivity index is 2.35. The lowest BCUT2D eigenvalue weighted by molar-refractivity contribution is 0.000786. The van der Waals surface area contributed by atoms with Crippen LogP contribution < -0.4 is 0 Å². The molecule has 98 valence electrons. The second-order valence-electron chi connectivity index (χ2n) is 3.45. The summed E-state index contributed by atoms with van der Waals surface area (Å²) in [5, 5.41) is 11.9. The molecule has 8 nitrogen and oxygen atoms in total. The lowest BCUT2D eigenvalue weighted by Crippen LogP contribution is -2.26. The summed E-state index contributed by atoms with van der Waals surface area (Å²) in [4.78, 5) is 13.7. The van der Waals surface area contributed by atoms with Crippen molar-refractivity contribution in [3.05, 3.63) is 29.7 Å². The van der Waals surface area contributed by atoms with Crippen molar-refractivity contribution < 1.29 is 24.1 Å². The van der Waals surface area contributed by atoms with E-state index >= 15 is 0 Å². The Hall–Kier alpha value is -1.76. The van der Waals surface area contributed by atoms with Crippen LogP contribution in [0, 0.1) is 6.92 Å². The first-order valence-electron chi connectivity index (χ1n) is 5.22. The van der Waals surface area contributed by atoms with Crippen molar-refractivity contribution in [3.8, 4) is 0 Å². The number of azide groups is 1. The Morgan fingerprint density at radius 1 is 1.72 bits per heavy atom. The van der Waals surface area contributed by atoms with Gasteiger partial charge in [0.05, 0.1) is 25.0 Å². The van der Waals surface area contributed by atoms with Gasteiger partial charge in [-0.1, -0.05) is 5.11 Å². The van der Waals surface area contributed by atoms with Crippen molar-refractivity contribution in [2.75, 3.05) is 13.2 Å². The van der Waals surface area contributed by atoms with Gasteiger partial charge in [0.15, 0.2) is 0 Å². The molecule has 0 aromatic carbocycles. The van der Waals surface area contributed by atoms with E-state index in [-0.39, 0.29) is 13.2 Å². The van der Waals surface area contributed by atoms with Crippen LogP contribution in [0.4, 0.5) is 4.79 Å². The molecule has 0 aromatic heterocycles. The number of hydrogen-bond donors (Lipinski definition) is 1. The minimum atomic E-state index is -0.941. The fourth-order valence-electron chi connectivity index (χ4n) is 1.43. The molecule has 0 aliphatic carbocycles. The molecule has 2 radical (unpaired) electrons. The first kappa shape index (κ1) is 14.3. The topological polar surface area (TPSA) is 114 Å². The second-order valence-corrected chi connectivity index (χ2v) is 3.45. The number of nitrogens with zero attached hydrogens (tertiary/aromatic N) is 3. The van der Waals surface area contributed by atoms with Gasteiger partial charge in [0.1, 0.15) is 12.7 Å². The SMILES string of the molecule is [CH][C@H]1C[C@@H](N=[N+]=[N-])[C@@H](COC(=O)O/C=C/CO)O1. The third kappa shape index (κ3) is 4.62. The molecule has 18 heavy (non-hydrogen) atoms. The number of rotatable bonds is 5. The predicted octanol–water partition coefficient (Wildman–Crippen LogP) is 1.19. The summed E-state index contributed by atoms with van der Waals surface area (Å²) in [6.07, 6.45) is 0.547. The normalized spacial score (nSPS) is 26.9. The third-order valence-electron chi connectivity index (χ3n) is 2.18. The maximum absolute atomic E-state index is 11.1. The zero-order valence-electron chi connectivity index (χ0n) is 9.51. The van der Waals surface area contributed by atoms with Gasteiger partial charge in [-0.05, 0) is 25.0 Å². The summed E-state index contributed by atoms with van der Waals surface area (Å²) in [5.74, 6) is 0. The van der Waals surface area contributed by atoms with Crippen molar-refractivity contribution in [2.24, 2.45) is 5.11 Å². The minimum absolute atomic E-state index is 0.122. The number of ether oxygens (including phenoxy) is 3. The average molecular weight is 255 g/mol. The van der Waals surface area contributed by atoms with E-state index in [4.69, 9.17) is 27.0 Å². The molecule has 1 saturated heterocycles. The van der Waals surface area contributed by atoms with E-state index in [1.54, 1.807) is 0 Å². The summed E-state index contributed by atoms with van der Waals surface area (Å²) >= 11 is 0. The van der Waals surface area contributed by atoms with E-state index in [2.05, 4.69) is 14.8 Å². The summed E-state index contributed by atoms with van der Waals surface area (Å²) in [6, 6.07) is -0.467. The molecule has 3 atom stereocenters. The lowest BCUT2D eigenvalue weighted by atomic mass is 10.1. The van der Waals surface area contributed by atoms with Gasteiger partial charge in [0, 0.05) is 4.91 Å². The molecule has 1 heterocycles. The van der Waals surface area contributed by atoms with E-state index in [1.165, 1.54) is 6.08 Å². The largest absolute Gasteiger partial charge is 0.513 e. The molecule has 0 spiro atoms. The van der Waals surface area contributed by atoms with E-state index < -0.39 is 24.4 Å². The molecule has 1 N–H and O–H groups in total. The summed E-state index contributed by atoms with van der Waals surface area (Å²) < 4.78 is 14.4. The quantitative estimate of drug-likeness (QED) is 0.260. The van der Waals surface area contributed by atoms with Crippen LogP contribution in [0.2, 0.25) is 0 Å². The van der Waals surface area contributed by atoms with Crippen molar-refractivity contribution in [2.45, 2.75) is 24.7 Å². The number of carbonyl (C=O) groups excluding carboxylic acids is 1. The lowest BCUT2D eigenvalue weighted by Gasteiger charge is -2.13. The molecule has 1 rings (SSSR count). The molecule has 1 aliphatic heterocycles. The molecule has 0 aromatic rings. The molecule has 1 fully saturated rings. The second kappa shape index (κ2) is 7.54. The first-order chi connectivity index (χ1) is 8.67. The minimum Gasteiger partial charge on any atom is -0.431 e. The van der Waals surface area contributed by atoms with Crippen LogP contribution in [0.5, 0.6) is 0 Å². The molecule has 8 heteroatoms. The highest BCUT2D eigenvalue weighted by atomic mass is 16.7. The van der Waals surface area contributed by atoms with Gasteiger partial charge in [-0.25, -0.2) is 4.79 Å². The average Bonchev–Trinajstić information content (AvgIpc) is 2.68. The molecule has 0 unspecified atom stereocenters. The van der Waals surface area contributed by atoms with Crippen LogP contribution in [0.3, 0.4) is 0 Å². The van der Waals surface area contributed by atoms with Gasteiger partial charge in [0.25, 0.3) is 0 Å². The van der Waals surface area contributed by atoms with Gasteiger partial charge in [-0.15, -0.1) is 0 Å². The zero-order valence-corrected chi connectivity index (χ0v) is 9.51. The molecular formula is C10H13N3O5. The van der Waals surface area contributed by atoms with Gasteiger partial charge in [0.2, 0.25) is 0 Å². The molecule has 0 amide bonds. The Bertz CT molecular complexity index is 353. The standard InChI is InChI=1S/C10H13N3O5/c1-7-5-8(12-13-11)9(18-7)6-17-10(15)16-4-2-3-14/h1-2,4,7-9,14H,3,5-6H2/b4-2+/t7-,8+,9+/m0/s1. The molecule has 0 saturated carbocycles. The highest BCUT2D eigenvalue weighted by Gasteiger charge is 2.33. The molecular weight excluding hydrogens is 242 g/mol. The number of hydrogen-bond acceptors (Lipinski definition) is 6. The highest BCUT2D eigenvalue weighted by Crippen LogP contribution is 2.23. The Morgan fingerprint density at radius 3 is 3.17 bits per heavy atom. The van der Waals surface area contributed by atoms with Gasteiger partial charge in [-0.3, -0.25) is 0 Å². The van der Waals surface area contributed by atoms with Crippen LogP contribution in [-0.2, 0) is 14.2 Å². The highest BCUT2D eigenvalue weighted by molar-refractivity contribution is 5.60. The fraction of sp³-hybridized carbons (Fsp3) is 0.600. The Labute approximate surface area is 104 Å². The zero-order chi connectivity index (χ0) is 13.4. The van der Waals surface area contributed by atoms with Crippen LogP contribution in [0.15, 0.2) is 17.5 Å². The van der Waals surface area contributed by atoms with Gasteiger partial charge < -0.3 is 19.3 Å². The van der Waals surface area contributed by atoms with Crippen molar-refractivity contribution in [3.63, 3.8) is 0 Å². The van der Waals surface area contributed by atoms with Gasteiger partial charge >= 0.3 is 6.16 Å². The monoisotopic (exact) mass is 255 g/mol. The molecule has 0 bridgehead atoms. The van der Waals surface area contributed by atoms with Crippen LogP contribution in [0.25, 0.3) is 10.4 Å². The van der Waals surface area contributed by atoms with E-state index in [0.29, 0.717) is 6.42 Å². The Kier molecular flexibility index (Phi) is 5.99. The summed E-state index contributed by atoms with van der Waals surface area (Å²) in [7, 11) is 0. The van der Waals surface area contributed by atoms with Crippen molar-refractivity contribution >= 4 is 6.16 Å². The van der Waals surface area contributed by atoms with Crippen LogP contribution in [0.1, 0.15) is 6.42 Å². The number of carbonyl (C=O) groups is 1. The van der Waals surface area contributed by atoms with E-state index in [1.807, 2.05) is 0 Å². The van der Waals surface area contributed by atoms with Crippen molar-refractivity contribution in [1.29, 1.82) is 0 Å². The van der Waals surface area contributed by atoms with Crippen molar-refractivity contribution in [1.82, 2.24) is 0 Å². The number of aliphatic hydroxyl groups excluding tert-OH is 1. The van der Waals surface area contributed by atoms with E-state index in [9.17, 15) is 4.79 Å². The summed E-state index contributed by atoms with van der Waals surface area (Å²) in [6.45, 7) is 5.17. The maximum atomic E-state index is 11.1. The summed E-state index contributed by atoms with van der Waals surface area (Å²) in [5.41, 5.74) is 8.35. The fourth-order valence-corrected chi connectivity index (χ4v) is 1.43. The third-order valence-corrected chi connectivity index (χ3v) is 2.18. The first-order valence-corrected chi connectivity index (χ1v) is 5.22.